The monoisotopic (exact) mass is 716 g/mol. The quantitative estimate of drug-likeness (QED) is 0.164. The van der Waals surface area contributed by atoms with Crippen LogP contribution < -0.4 is 9.80 Å². The van der Waals surface area contributed by atoms with Crippen molar-refractivity contribution in [3.63, 3.8) is 0 Å². The first-order valence-electron chi connectivity index (χ1n) is 19.5. The first-order chi connectivity index (χ1) is 26.6. The molecule has 0 spiro atoms. The van der Waals surface area contributed by atoms with Crippen molar-refractivity contribution >= 4 is 44.9 Å². The smallest absolute Gasteiger partial charge is 0.0935 e. The molecule has 2 unspecified atom stereocenters. The number of benzene rings is 5. The summed E-state index contributed by atoms with van der Waals surface area (Å²) in [6, 6.07) is 50.1. The van der Waals surface area contributed by atoms with E-state index in [9.17, 15) is 0 Å². The summed E-state index contributed by atoms with van der Waals surface area (Å²) in [7, 11) is 0. The summed E-state index contributed by atoms with van der Waals surface area (Å²) in [5, 5.41) is 2.47. The Kier molecular flexibility index (Phi) is 8.38. The highest BCUT2D eigenvalue weighted by molar-refractivity contribution is 5.94. The zero-order valence-electron chi connectivity index (χ0n) is 32.4. The van der Waals surface area contributed by atoms with Gasteiger partial charge in [0.15, 0.2) is 0 Å². The summed E-state index contributed by atoms with van der Waals surface area (Å²) in [6.45, 7) is 11.7. The number of para-hydroxylation sites is 4. The molecular weight excluding hydrogens is 669 g/mol. The van der Waals surface area contributed by atoms with Crippen molar-refractivity contribution < 1.29 is 0 Å². The van der Waals surface area contributed by atoms with Crippen LogP contribution in [0.1, 0.15) is 57.9 Å². The van der Waals surface area contributed by atoms with Gasteiger partial charge in [0.1, 0.15) is 0 Å². The highest BCUT2D eigenvalue weighted by atomic mass is 15.3. The Hall–Kier alpha value is -6.13. The molecule has 4 heteroatoms. The second-order valence-electron chi connectivity index (χ2n) is 16.6. The van der Waals surface area contributed by atoms with Crippen LogP contribution in [0.4, 0.5) is 17.1 Å². The third-order valence-electron chi connectivity index (χ3n) is 11.6. The maximum Gasteiger partial charge on any atom is 0.0935 e. The third-order valence-corrected chi connectivity index (χ3v) is 11.6. The van der Waals surface area contributed by atoms with Gasteiger partial charge in [-0.3, -0.25) is 4.98 Å². The number of nitrogens with zero attached hydrogens (tertiary/aromatic N) is 4. The van der Waals surface area contributed by atoms with E-state index < -0.39 is 5.54 Å². The number of hydrogen-bond acceptors (Lipinski definition) is 3. The molecule has 5 aromatic carbocycles. The molecule has 0 saturated carbocycles. The summed E-state index contributed by atoms with van der Waals surface area (Å²) in [4.78, 5) is 10.1. The van der Waals surface area contributed by atoms with Crippen LogP contribution in [0.25, 0.3) is 33.6 Å². The van der Waals surface area contributed by atoms with Crippen LogP contribution in [0.5, 0.6) is 0 Å². The van der Waals surface area contributed by atoms with Gasteiger partial charge in [0.05, 0.1) is 27.8 Å². The predicted molar refractivity (Wildman–Crippen MR) is 233 cm³/mol. The molecule has 4 nitrogen and oxygen atoms in total. The molecule has 2 aromatic heterocycles. The number of hydrogen-bond donors (Lipinski definition) is 0. The summed E-state index contributed by atoms with van der Waals surface area (Å²) < 4.78 is 2.45. The second-order valence-corrected chi connectivity index (χ2v) is 16.6. The van der Waals surface area contributed by atoms with Crippen LogP contribution in [-0.4, -0.2) is 20.6 Å². The van der Waals surface area contributed by atoms with E-state index in [0.717, 1.165) is 46.5 Å². The first-order valence-corrected chi connectivity index (χ1v) is 19.5. The Morgan fingerprint density at radius 3 is 1.98 bits per heavy atom. The van der Waals surface area contributed by atoms with Crippen LogP contribution in [0, 0.1) is 0 Å². The van der Waals surface area contributed by atoms with Crippen molar-refractivity contribution in [3.8, 4) is 5.69 Å². The fourth-order valence-electron chi connectivity index (χ4n) is 8.93. The van der Waals surface area contributed by atoms with Crippen molar-refractivity contribution in [2.45, 2.75) is 64.0 Å². The minimum absolute atomic E-state index is 0.0299. The Bertz CT molecular complexity index is 2560. The third kappa shape index (κ3) is 6.06. The van der Waals surface area contributed by atoms with E-state index in [2.05, 4.69) is 213 Å². The van der Waals surface area contributed by atoms with Crippen LogP contribution >= 0.6 is 0 Å². The van der Waals surface area contributed by atoms with Crippen molar-refractivity contribution in [2.75, 3.05) is 9.80 Å². The van der Waals surface area contributed by atoms with Crippen molar-refractivity contribution in [2.24, 2.45) is 0 Å². The highest BCUT2D eigenvalue weighted by Gasteiger charge is 2.45. The second kappa shape index (κ2) is 13.3. The van der Waals surface area contributed by atoms with E-state index in [1.54, 1.807) is 0 Å². The number of rotatable bonds is 7. The van der Waals surface area contributed by atoms with Gasteiger partial charge in [-0.05, 0) is 110 Å². The molecule has 0 bridgehead atoms. The molecule has 272 valence electrons. The Morgan fingerprint density at radius 1 is 0.673 bits per heavy atom. The standard InChI is InChI=1S/C51H48N4/c1-49(2,3)38-26-27-45-43(35-38)44-36-51(5,33-30-46(44)54(45)41-23-13-8-14-24-41)55(47-25-15-17-37-18-16-34-52-48(37)47)50(4)31-28-42(29-32-50)53(39-19-9-6-10-20-39)40-21-11-7-12-22-40/h6-31,33-35H,32,36H2,1-5H3. The molecule has 0 fully saturated rings. The number of allylic oxidation sites excluding steroid dienone is 1. The van der Waals surface area contributed by atoms with E-state index in [0.29, 0.717) is 0 Å². The summed E-state index contributed by atoms with van der Waals surface area (Å²) in [5.41, 5.74) is 11.3. The molecule has 2 aliphatic rings. The fraction of sp³-hybridized carbons (Fsp3) is 0.196. The zero-order chi connectivity index (χ0) is 37.8. The maximum absolute atomic E-state index is 5.04. The summed E-state index contributed by atoms with van der Waals surface area (Å²) in [5.74, 6) is 0. The molecular formula is C51H48N4. The van der Waals surface area contributed by atoms with E-state index in [1.807, 2.05) is 12.3 Å². The minimum atomic E-state index is -0.394. The molecule has 2 heterocycles. The minimum Gasteiger partial charge on any atom is -0.351 e. The van der Waals surface area contributed by atoms with E-state index in [-0.39, 0.29) is 11.0 Å². The van der Waals surface area contributed by atoms with Gasteiger partial charge in [0.25, 0.3) is 0 Å². The number of aromatic nitrogens is 2. The van der Waals surface area contributed by atoms with Gasteiger partial charge < -0.3 is 14.4 Å². The lowest BCUT2D eigenvalue weighted by molar-refractivity contribution is 0.393. The molecule has 2 atom stereocenters. The Morgan fingerprint density at radius 2 is 1.33 bits per heavy atom. The first kappa shape index (κ1) is 34.6. The largest absolute Gasteiger partial charge is 0.351 e. The van der Waals surface area contributed by atoms with Crippen LogP contribution in [0.15, 0.2) is 176 Å². The van der Waals surface area contributed by atoms with Gasteiger partial charge in [-0.15, -0.1) is 0 Å². The van der Waals surface area contributed by atoms with Crippen molar-refractivity contribution in [1.82, 2.24) is 9.55 Å². The average molecular weight is 717 g/mol. The van der Waals surface area contributed by atoms with Crippen LogP contribution in [-0.2, 0) is 11.8 Å². The lowest BCUT2D eigenvalue weighted by Gasteiger charge is -2.53. The molecule has 7 aromatic rings. The van der Waals surface area contributed by atoms with Gasteiger partial charge in [0.2, 0.25) is 0 Å². The fourth-order valence-corrected chi connectivity index (χ4v) is 8.93. The maximum atomic E-state index is 5.04. The SMILES string of the molecule is CC(C)(C)c1ccc2c(c1)c1c(n2-c2ccccc2)C=CC(C)(N(c2cccc3cccnc23)C2(C)C=CC(N(c3ccccc3)c3ccccc3)=CC2)C1. The predicted octanol–water partition coefficient (Wildman–Crippen LogP) is 12.8. The molecule has 0 N–H and O–H groups in total. The van der Waals surface area contributed by atoms with E-state index in [4.69, 9.17) is 4.98 Å². The number of pyridine rings is 1. The van der Waals surface area contributed by atoms with Gasteiger partial charge >= 0.3 is 0 Å². The molecule has 55 heavy (non-hydrogen) atoms. The molecule has 9 rings (SSSR count). The van der Waals surface area contributed by atoms with Crippen LogP contribution in [0.3, 0.4) is 0 Å². The van der Waals surface area contributed by atoms with Crippen molar-refractivity contribution in [3.05, 3.63) is 193 Å². The zero-order valence-corrected chi connectivity index (χ0v) is 32.4. The molecule has 0 radical (unpaired) electrons. The van der Waals surface area contributed by atoms with Crippen molar-refractivity contribution in [1.29, 1.82) is 0 Å². The summed E-state index contributed by atoms with van der Waals surface area (Å²) >= 11 is 0. The topological polar surface area (TPSA) is 24.3 Å². The molecule has 0 amide bonds. The number of anilines is 3. The average Bonchev–Trinajstić information content (AvgIpc) is 3.52. The summed E-state index contributed by atoms with van der Waals surface area (Å²) in [6.07, 6.45) is 15.6. The normalized spacial score (nSPS) is 19.3. The molecule has 0 saturated heterocycles. The van der Waals surface area contributed by atoms with Gasteiger partial charge in [-0.2, -0.15) is 0 Å². The Balaban J connectivity index is 1.20. The molecule has 2 aliphatic carbocycles. The van der Waals surface area contributed by atoms with Gasteiger partial charge in [-0.25, -0.2) is 0 Å². The number of fused-ring (bicyclic) bond motifs is 4. The van der Waals surface area contributed by atoms with Crippen LogP contribution in [0.2, 0.25) is 0 Å². The van der Waals surface area contributed by atoms with Gasteiger partial charge in [-0.1, -0.05) is 118 Å². The lowest BCUT2D eigenvalue weighted by atomic mass is 9.78. The highest BCUT2D eigenvalue weighted by Crippen LogP contribution is 2.47. The van der Waals surface area contributed by atoms with Gasteiger partial charge in [0, 0.05) is 51.8 Å². The lowest BCUT2D eigenvalue weighted by Crippen LogP contribution is -2.59. The van der Waals surface area contributed by atoms with E-state index >= 15 is 0 Å². The molecule has 0 aliphatic heterocycles. The van der Waals surface area contributed by atoms with E-state index in [1.165, 1.54) is 33.4 Å². The Labute approximate surface area is 325 Å².